The third-order valence-corrected chi connectivity index (χ3v) is 3.13. The lowest BCUT2D eigenvalue weighted by molar-refractivity contribution is 0.128. The van der Waals surface area contributed by atoms with Crippen molar-refractivity contribution in [2.75, 3.05) is 17.3 Å². The highest BCUT2D eigenvalue weighted by Crippen LogP contribution is 2.20. The Bertz CT molecular complexity index is 615. The van der Waals surface area contributed by atoms with E-state index in [1.165, 1.54) is 11.1 Å². The Kier molecular flexibility index (Phi) is 5.08. The number of anilines is 3. The fourth-order valence-corrected chi connectivity index (χ4v) is 1.86. The molecule has 2 rings (SSSR count). The van der Waals surface area contributed by atoms with Gasteiger partial charge in [0.05, 0.1) is 0 Å². The number of hydrogen-bond donors (Lipinski definition) is 3. The van der Waals surface area contributed by atoms with Gasteiger partial charge in [0, 0.05) is 18.4 Å². The summed E-state index contributed by atoms with van der Waals surface area (Å²) in [7, 11) is 0. The van der Waals surface area contributed by atoms with E-state index in [0.29, 0.717) is 30.7 Å². The average molecular weight is 287 g/mol. The fraction of sp³-hybridized carbons (Fsp3) is 0.333. The van der Waals surface area contributed by atoms with Gasteiger partial charge in [-0.05, 0) is 44.0 Å². The molecule has 112 valence electrons. The molecule has 21 heavy (non-hydrogen) atoms. The van der Waals surface area contributed by atoms with Crippen molar-refractivity contribution in [2.45, 2.75) is 27.4 Å². The first-order valence-electron chi connectivity index (χ1n) is 6.89. The fourth-order valence-electron chi connectivity index (χ4n) is 1.86. The molecule has 2 aromatic rings. The maximum absolute atomic E-state index is 5.44. The third kappa shape index (κ3) is 4.14. The maximum atomic E-state index is 5.44. The van der Waals surface area contributed by atoms with Crippen molar-refractivity contribution in [1.29, 1.82) is 0 Å². The smallest absolute Gasteiger partial charge is 0.158 e. The molecular weight excluding hydrogens is 266 g/mol. The number of nitrogens with one attached hydrogen (secondary N) is 2. The predicted molar refractivity (Wildman–Crippen MR) is 84.4 cm³/mol. The van der Waals surface area contributed by atoms with Gasteiger partial charge in [-0.1, -0.05) is 6.07 Å². The first kappa shape index (κ1) is 15.2. The number of aryl methyl sites for hydroxylation is 2. The minimum atomic E-state index is 0.355. The summed E-state index contributed by atoms with van der Waals surface area (Å²) in [6.07, 6.45) is 0. The quantitative estimate of drug-likeness (QED) is 0.559. The van der Waals surface area contributed by atoms with Crippen LogP contribution in [0.4, 0.5) is 17.3 Å². The molecule has 0 bridgehead atoms. The van der Waals surface area contributed by atoms with Gasteiger partial charge < -0.3 is 15.5 Å². The number of hydrogen-bond acceptors (Lipinski definition) is 6. The van der Waals surface area contributed by atoms with Crippen LogP contribution in [0.3, 0.4) is 0 Å². The summed E-state index contributed by atoms with van der Waals surface area (Å²) in [4.78, 5) is 8.67. The number of rotatable bonds is 6. The van der Waals surface area contributed by atoms with Gasteiger partial charge in [0.1, 0.15) is 18.2 Å². The topological polar surface area (TPSA) is 85.1 Å². The van der Waals surface area contributed by atoms with E-state index < -0.39 is 0 Å². The van der Waals surface area contributed by atoms with Crippen molar-refractivity contribution < 1.29 is 4.74 Å². The molecule has 4 N–H and O–H groups in total. The zero-order valence-electron chi connectivity index (χ0n) is 12.6. The Labute approximate surface area is 124 Å². The van der Waals surface area contributed by atoms with Gasteiger partial charge in [-0.2, -0.15) is 0 Å². The summed E-state index contributed by atoms with van der Waals surface area (Å²) in [5.74, 6) is 7.25. The Hall–Kier alpha value is -2.18. The van der Waals surface area contributed by atoms with Crippen LogP contribution in [0.25, 0.3) is 0 Å². The summed E-state index contributed by atoms with van der Waals surface area (Å²) in [6.45, 7) is 7.06. The van der Waals surface area contributed by atoms with Gasteiger partial charge in [0.2, 0.25) is 0 Å². The molecule has 0 unspecified atom stereocenters. The molecule has 1 heterocycles. The van der Waals surface area contributed by atoms with Crippen LogP contribution in [-0.2, 0) is 11.3 Å². The monoisotopic (exact) mass is 287 g/mol. The van der Waals surface area contributed by atoms with Crippen LogP contribution in [0, 0.1) is 13.8 Å². The summed E-state index contributed by atoms with van der Waals surface area (Å²) in [6, 6.07) is 7.92. The number of nitrogens with two attached hydrogens (primary N) is 1. The van der Waals surface area contributed by atoms with Crippen molar-refractivity contribution in [3.8, 4) is 0 Å². The van der Waals surface area contributed by atoms with Crippen molar-refractivity contribution >= 4 is 17.3 Å². The summed E-state index contributed by atoms with van der Waals surface area (Å²) in [5, 5.41) is 3.26. The molecular formula is C15H21N5O. The van der Waals surface area contributed by atoms with E-state index in [1.54, 1.807) is 6.07 Å². The second kappa shape index (κ2) is 7.01. The molecule has 0 aliphatic carbocycles. The van der Waals surface area contributed by atoms with Crippen molar-refractivity contribution in [1.82, 2.24) is 9.97 Å². The Morgan fingerprint density at radius 1 is 1.10 bits per heavy atom. The minimum Gasteiger partial charge on any atom is -0.374 e. The molecule has 0 saturated heterocycles. The Morgan fingerprint density at radius 3 is 2.52 bits per heavy atom. The molecule has 0 atom stereocenters. The van der Waals surface area contributed by atoms with Crippen molar-refractivity contribution in [3.63, 3.8) is 0 Å². The molecule has 0 amide bonds. The zero-order chi connectivity index (χ0) is 15.2. The molecule has 0 fully saturated rings. The van der Waals surface area contributed by atoms with Gasteiger partial charge >= 0.3 is 0 Å². The Balaban J connectivity index is 2.23. The van der Waals surface area contributed by atoms with Gasteiger partial charge in [0.25, 0.3) is 0 Å². The van der Waals surface area contributed by atoms with E-state index in [2.05, 4.69) is 46.7 Å². The van der Waals surface area contributed by atoms with E-state index in [9.17, 15) is 0 Å². The predicted octanol–water partition coefficient (Wildman–Crippen LogP) is 2.66. The van der Waals surface area contributed by atoms with Crippen LogP contribution >= 0.6 is 0 Å². The molecule has 0 saturated carbocycles. The summed E-state index contributed by atoms with van der Waals surface area (Å²) >= 11 is 0. The van der Waals surface area contributed by atoms with Gasteiger partial charge in [-0.15, -0.1) is 0 Å². The van der Waals surface area contributed by atoms with Gasteiger partial charge in [-0.3, -0.25) is 0 Å². The van der Waals surface area contributed by atoms with Crippen LogP contribution in [0.1, 0.15) is 23.9 Å². The van der Waals surface area contributed by atoms with Crippen LogP contribution in [0.5, 0.6) is 0 Å². The number of nitrogen functional groups attached to an aromatic ring is 1. The summed E-state index contributed by atoms with van der Waals surface area (Å²) < 4.78 is 5.34. The van der Waals surface area contributed by atoms with E-state index in [4.69, 9.17) is 10.6 Å². The van der Waals surface area contributed by atoms with E-state index in [0.717, 1.165) is 5.69 Å². The molecule has 6 heteroatoms. The number of aromatic nitrogens is 2. The SMILES string of the molecule is CCOCc1nc(NN)cc(Nc2ccc(C)c(C)c2)n1. The molecule has 0 aliphatic rings. The number of benzene rings is 1. The molecule has 0 aliphatic heterocycles. The number of ether oxygens (including phenoxy) is 1. The third-order valence-electron chi connectivity index (χ3n) is 3.13. The molecule has 1 aromatic carbocycles. The van der Waals surface area contributed by atoms with Crippen LogP contribution in [0.15, 0.2) is 24.3 Å². The lowest BCUT2D eigenvalue weighted by Crippen LogP contribution is -2.12. The number of nitrogens with zero attached hydrogens (tertiary/aromatic N) is 2. The summed E-state index contributed by atoms with van der Waals surface area (Å²) in [5.41, 5.74) is 6.00. The Morgan fingerprint density at radius 2 is 1.86 bits per heavy atom. The second-order valence-electron chi connectivity index (χ2n) is 4.76. The molecule has 0 spiro atoms. The maximum Gasteiger partial charge on any atom is 0.158 e. The normalized spacial score (nSPS) is 10.5. The van der Waals surface area contributed by atoms with Gasteiger partial charge in [0.15, 0.2) is 5.82 Å². The average Bonchev–Trinajstić information content (AvgIpc) is 2.48. The van der Waals surface area contributed by atoms with E-state index >= 15 is 0 Å². The highest BCUT2D eigenvalue weighted by atomic mass is 16.5. The standard InChI is InChI=1S/C15H21N5O/c1-4-21-9-15-18-13(8-14(19-15)20-16)17-12-6-5-10(2)11(3)7-12/h5-8H,4,9,16H2,1-3H3,(H2,17,18,19,20). The number of hydrazine groups is 1. The largest absolute Gasteiger partial charge is 0.374 e. The van der Waals surface area contributed by atoms with Crippen LogP contribution in [-0.4, -0.2) is 16.6 Å². The molecule has 1 aromatic heterocycles. The highest BCUT2D eigenvalue weighted by Gasteiger charge is 2.05. The lowest BCUT2D eigenvalue weighted by atomic mass is 10.1. The van der Waals surface area contributed by atoms with Gasteiger partial charge in [-0.25, -0.2) is 15.8 Å². The van der Waals surface area contributed by atoms with E-state index in [-0.39, 0.29) is 0 Å². The first-order valence-corrected chi connectivity index (χ1v) is 6.89. The molecule has 6 nitrogen and oxygen atoms in total. The zero-order valence-corrected chi connectivity index (χ0v) is 12.6. The highest BCUT2D eigenvalue weighted by molar-refractivity contribution is 5.60. The van der Waals surface area contributed by atoms with Crippen molar-refractivity contribution in [2.24, 2.45) is 5.84 Å². The molecule has 0 radical (unpaired) electrons. The second-order valence-corrected chi connectivity index (χ2v) is 4.76. The van der Waals surface area contributed by atoms with Crippen LogP contribution < -0.4 is 16.6 Å². The first-order chi connectivity index (χ1) is 10.1. The van der Waals surface area contributed by atoms with Crippen molar-refractivity contribution in [3.05, 3.63) is 41.2 Å². The van der Waals surface area contributed by atoms with E-state index in [1.807, 2.05) is 13.0 Å². The lowest BCUT2D eigenvalue weighted by Gasteiger charge is -2.11. The van der Waals surface area contributed by atoms with Crippen LogP contribution in [0.2, 0.25) is 0 Å². The minimum absolute atomic E-state index is 0.355.